The molecule has 0 saturated carbocycles. The fourth-order valence-corrected chi connectivity index (χ4v) is 4.30. The Kier molecular flexibility index (Phi) is 6.83. The van der Waals surface area contributed by atoms with Gasteiger partial charge >= 0.3 is 0 Å². The minimum Gasteiger partial charge on any atom is -0.487 e. The largest absolute Gasteiger partial charge is 0.487 e. The third kappa shape index (κ3) is 4.78. The van der Waals surface area contributed by atoms with Crippen LogP contribution in [0.1, 0.15) is 15.2 Å². The molecule has 0 saturated heterocycles. The van der Waals surface area contributed by atoms with Crippen LogP contribution in [0, 0.1) is 7.14 Å². The first kappa shape index (κ1) is 17.4. The summed E-state index contributed by atoms with van der Waals surface area (Å²) in [5, 5.41) is 5.84. The molecule has 2 aromatic rings. The van der Waals surface area contributed by atoms with Crippen LogP contribution in [0.2, 0.25) is 0 Å². The van der Waals surface area contributed by atoms with Gasteiger partial charge < -0.3 is 4.74 Å². The summed E-state index contributed by atoms with van der Waals surface area (Å²) in [5.74, 6) is 0.627. The van der Waals surface area contributed by atoms with E-state index < -0.39 is 0 Å². The Morgan fingerprint density at radius 2 is 2.14 bits per heavy atom. The molecule has 1 N–H and O–H groups in total. The summed E-state index contributed by atoms with van der Waals surface area (Å²) in [4.78, 5) is 12.4. The van der Waals surface area contributed by atoms with Crippen LogP contribution < -0.4 is 10.2 Å². The summed E-state index contributed by atoms with van der Waals surface area (Å²) in [6.45, 7) is 4.11. The van der Waals surface area contributed by atoms with Crippen molar-refractivity contribution in [2.75, 3.05) is 6.61 Å². The summed E-state index contributed by atoms with van der Waals surface area (Å²) in [6.07, 6.45) is 3.33. The molecule has 2 rings (SSSR count). The normalized spacial score (nSPS) is 10.6. The number of nitrogens with zero attached hydrogens (tertiary/aromatic N) is 1. The quantitative estimate of drug-likeness (QED) is 0.259. The fraction of sp³-hybridized carbons (Fsp3) is 0.0667. The van der Waals surface area contributed by atoms with Crippen LogP contribution in [0.5, 0.6) is 5.75 Å². The molecule has 1 aromatic heterocycles. The lowest BCUT2D eigenvalue weighted by Crippen LogP contribution is -2.16. The SMILES string of the molecule is C=CCOc1c(I)cc(/C=N\NC(=O)c2cccs2)cc1I. The van der Waals surface area contributed by atoms with Crippen LogP contribution in [-0.2, 0) is 0 Å². The Morgan fingerprint density at radius 1 is 1.41 bits per heavy atom. The van der Waals surface area contributed by atoms with Gasteiger partial charge in [-0.2, -0.15) is 5.10 Å². The molecule has 0 radical (unpaired) electrons. The summed E-state index contributed by atoms with van der Waals surface area (Å²) in [7, 11) is 0. The lowest BCUT2D eigenvalue weighted by Gasteiger charge is -2.09. The maximum absolute atomic E-state index is 11.8. The van der Waals surface area contributed by atoms with Crippen molar-refractivity contribution in [3.63, 3.8) is 0 Å². The predicted octanol–water partition coefficient (Wildman–Crippen LogP) is 4.29. The molecule has 0 bridgehead atoms. The molecular weight excluding hydrogens is 526 g/mol. The van der Waals surface area contributed by atoms with E-state index in [-0.39, 0.29) is 5.91 Å². The highest BCUT2D eigenvalue weighted by Crippen LogP contribution is 2.28. The maximum Gasteiger partial charge on any atom is 0.281 e. The molecule has 0 fully saturated rings. The molecule has 1 heterocycles. The predicted molar refractivity (Wildman–Crippen MR) is 107 cm³/mol. The topological polar surface area (TPSA) is 50.7 Å². The second-order valence-electron chi connectivity index (χ2n) is 4.09. The molecule has 4 nitrogen and oxygen atoms in total. The van der Waals surface area contributed by atoms with Gasteiger partial charge in [-0.25, -0.2) is 5.43 Å². The lowest BCUT2D eigenvalue weighted by atomic mass is 10.2. The van der Waals surface area contributed by atoms with Crippen molar-refractivity contribution in [1.29, 1.82) is 0 Å². The molecule has 0 spiro atoms. The van der Waals surface area contributed by atoms with Gasteiger partial charge in [0.1, 0.15) is 12.4 Å². The van der Waals surface area contributed by atoms with E-state index in [1.165, 1.54) is 11.3 Å². The van der Waals surface area contributed by atoms with E-state index in [4.69, 9.17) is 4.74 Å². The number of thiophene rings is 1. The average Bonchev–Trinajstić information content (AvgIpc) is 3.00. The van der Waals surface area contributed by atoms with Crippen molar-refractivity contribution < 1.29 is 9.53 Å². The zero-order chi connectivity index (χ0) is 15.9. The first-order valence-electron chi connectivity index (χ1n) is 6.21. The summed E-state index contributed by atoms with van der Waals surface area (Å²) < 4.78 is 7.58. The fourth-order valence-electron chi connectivity index (χ4n) is 1.56. The van der Waals surface area contributed by atoms with Crippen molar-refractivity contribution >= 4 is 68.6 Å². The average molecular weight is 538 g/mol. The Hall–Kier alpha value is -0.940. The summed E-state index contributed by atoms with van der Waals surface area (Å²) >= 11 is 5.81. The maximum atomic E-state index is 11.8. The molecule has 114 valence electrons. The molecule has 1 aromatic carbocycles. The monoisotopic (exact) mass is 538 g/mol. The van der Waals surface area contributed by atoms with E-state index in [2.05, 4.69) is 62.3 Å². The van der Waals surface area contributed by atoms with E-state index >= 15 is 0 Å². The van der Waals surface area contributed by atoms with Gasteiger partial charge in [-0.3, -0.25) is 4.79 Å². The number of nitrogens with one attached hydrogen (secondary N) is 1. The molecular formula is C15H12I2N2O2S. The van der Waals surface area contributed by atoms with Crippen molar-refractivity contribution in [2.24, 2.45) is 5.10 Å². The summed E-state index contributed by atoms with van der Waals surface area (Å²) in [6, 6.07) is 7.48. The van der Waals surface area contributed by atoms with E-state index in [9.17, 15) is 4.79 Å². The zero-order valence-corrected chi connectivity index (χ0v) is 16.5. The number of rotatable bonds is 6. The van der Waals surface area contributed by atoms with Crippen LogP contribution in [0.4, 0.5) is 0 Å². The van der Waals surface area contributed by atoms with Crippen molar-refractivity contribution in [3.8, 4) is 5.75 Å². The van der Waals surface area contributed by atoms with Crippen LogP contribution in [-0.4, -0.2) is 18.7 Å². The molecule has 22 heavy (non-hydrogen) atoms. The molecule has 0 atom stereocenters. The van der Waals surface area contributed by atoms with Gasteiger partial charge in [0.15, 0.2) is 0 Å². The highest BCUT2D eigenvalue weighted by Gasteiger charge is 2.08. The lowest BCUT2D eigenvalue weighted by molar-refractivity contribution is 0.0959. The Morgan fingerprint density at radius 3 is 2.73 bits per heavy atom. The number of amides is 1. The van der Waals surface area contributed by atoms with Crippen molar-refractivity contribution in [2.45, 2.75) is 0 Å². The molecule has 1 amide bonds. The minimum absolute atomic E-state index is 0.207. The van der Waals surface area contributed by atoms with E-state index in [1.54, 1.807) is 18.4 Å². The van der Waals surface area contributed by atoms with Crippen LogP contribution >= 0.6 is 56.5 Å². The van der Waals surface area contributed by atoms with E-state index in [0.29, 0.717) is 11.5 Å². The smallest absolute Gasteiger partial charge is 0.281 e. The first-order chi connectivity index (χ1) is 10.6. The van der Waals surface area contributed by atoms with Crippen LogP contribution in [0.25, 0.3) is 0 Å². The van der Waals surface area contributed by atoms with Gasteiger partial charge in [0.25, 0.3) is 5.91 Å². The molecule has 0 aliphatic rings. The number of ether oxygens (including phenoxy) is 1. The van der Waals surface area contributed by atoms with E-state index in [1.807, 2.05) is 23.6 Å². The zero-order valence-electron chi connectivity index (χ0n) is 11.4. The van der Waals surface area contributed by atoms with Gasteiger partial charge in [0.05, 0.1) is 18.2 Å². The van der Waals surface area contributed by atoms with Gasteiger partial charge in [-0.15, -0.1) is 11.3 Å². The highest BCUT2D eigenvalue weighted by atomic mass is 127. The van der Waals surface area contributed by atoms with Crippen LogP contribution in [0.15, 0.2) is 47.4 Å². The molecule has 0 aliphatic heterocycles. The molecule has 0 aliphatic carbocycles. The van der Waals surface area contributed by atoms with Gasteiger partial charge in [0, 0.05) is 0 Å². The van der Waals surface area contributed by atoms with Gasteiger partial charge in [-0.05, 0) is 74.3 Å². The minimum atomic E-state index is -0.207. The Balaban J connectivity index is 2.05. The number of hydrogen-bond donors (Lipinski definition) is 1. The second kappa shape index (κ2) is 8.63. The van der Waals surface area contributed by atoms with Gasteiger partial charge in [-0.1, -0.05) is 18.7 Å². The number of halogens is 2. The molecule has 7 heteroatoms. The Labute approximate surface area is 159 Å². The third-order valence-electron chi connectivity index (χ3n) is 2.49. The van der Waals surface area contributed by atoms with Crippen molar-refractivity contribution in [1.82, 2.24) is 5.43 Å². The second-order valence-corrected chi connectivity index (χ2v) is 7.36. The first-order valence-corrected chi connectivity index (χ1v) is 9.25. The number of benzene rings is 1. The van der Waals surface area contributed by atoms with Gasteiger partial charge in [0.2, 0.25) is 0 Å². The van der Waals surface area contributed by atoms with Crippen molar-refractivity contribution in [3.05, 3.63) is 59.9 Å². The van der Waals surface area contributed by atoms with Crippen LogP contribution in [0.3, 0.4) is 0 Å². The number of carbonyl (C=O) groups is 1. The Bertz CT molecular complexity index is 677. The molecule has 0 unspecified atom stereocenters. The number of hydrazone groups is 1. The standard InChI is InChI=1S/C15H12I2N2O2S/c1-2-5-21-14-11(16)7-10(8-12(14)17)9-18-19-15(20)13-4-3-6-22-13/h2-4,6-9H,1,5H2,(H,19,20)/b18-9-. The van der Waals surface area contributed by atoms with E-state index in [0.717, 1.165) is 18.5 Å². The summed E-state index contributed by atoms with van der Waals surface area (Å²) in [5.41, 5.74) is 3.41. The highest BCUT2D eigenvalue weighted by molar-refractivity contribution is 14.1. The third-order valence-corrected chi connectivity index (χ3v) is 4.96. The number of carbonyl (C=O) groups excluding carboxylic acids is 1. The number of hydrogen-bond acceptors (Lipinski definition) is 4.